The summed E-state index contributed by atoms with van der Waals surface area (Å²) < 4.78 is 44.1. The summed E-state index contributed by atoms with van der Waals surface area (Å²) in [5.41, 5.74) is 4.77. The van der Waals surface area contributed by atoms with Crippen molar-refractivity contribution >= 4 is 18.0 Å². The van der Waals surface area contributed by atoms with Gasteiger partial charge in [-0.25, -0.2) is 4.79 Å². The van der Waals surface area contributed by atoms with E-state index in [9.17, 15) is 14.4 Å². The Bertz CT molecular complexity index is 1230. The molecule has 0 saturated heterocycles. The van der Waals surface area contributed by atoms with Gasteiger partial charge in [0.1, 0.15) is 6.61 Å². The Kier molecular flexibility index (Phi) is 21.5. The minimum absolute atomic E-state index is 0.0142. The molecule has 0 atom stereocenters. The van der Waals surface area contributed by atoms with Crippen molar-refractivity contribution in [3.8, 4) is 11.1 Å². The summed E-state index contributed by atoms with van der Waals surface area (Å²) in [7, 11) is 1.70. The van der Waals surface area contributed by atoms with Crippen molar-refractivity contribution in [2.24, 2.45) is 0 Å². The first-order valence-corrected chi connectivity index (χ1v) is 17.6. The number of carboxylic acid groups (broad SMARTS) is 1. The summed E-state index contributed by atoms with van der Waals surface area (Å²) in [6.07, 6.45) is 0.0912. The van der Waals surface area contributed by atoms with Crippen LogP contribution >= 0.6 is 0 Å². The highest BCUT2D eigenvalue weighted by molar-refractivity contribution is 5.80. The lowest BCUT2D eigenvalue weighted by Crippen LogP contribution is -2.32. The molecule has 0 fully saturated rings. The number of nitrogens with zero attached hydrogens (tertiary/aromatic N) is 1. The van der Waals surface area contributed by atoms with Gasteiger partial charge in [-0.3, -0.25) is 9.59 Å². The molecule has 51 heavy (non-hydrogen) atoms. The van der Waals surface area contributed by atoms with Crippen LogP contribution in [0.25, 0.3) is 11.1 Å². The van der Waals surface area contributed by atoms with Gasteiger partial charge < -0.3 is 53.2 Å². The van der Waals surface area contributed by atoms with Crippen LogP contribution in [0.4, 0.5) is 4.79 Å². The summed E-state index contributed by atoms with van der Waals surface area (Å²) in [6.45, 7) is 7.43. The largest absolute Gasteiger partial charge is 0.481 e. The van der Waals surface area contributed by atoms with E-state index >= 15 is 0 Å². The second-order valence-electron chi connectivity index (χ2n) is 11.6. The molecule has 0 saturated carbocycles. The fraction of sp³-hybridized carbons (Fsp3) is 0.595. The number of rotatable bonds is 30. The van der Waals surface area contributed by atoms with Crippen molar-refractivity contribution in [2.45, 2.75) is 25.2 Å². The summed E-state index contributed by atoms with van der Waals surface area (Å²) >= 11 is 0. The molecule has 2 N–H and O–H groups in total. The summed E-state index contributed by atoms with van der Waals surface area (Å²) in [4.78, 5) is 35.9. The molecule has 0 spiro atoms. The lowest BCUT2D eigenvalue weighted by atomic mass is 9.98. The lowest BCUT2D eigenvalue weighted by molar-refractivity contribution is -0.138. The molecule has 0 bridgehead atoms. The molecule has 14 heteroatoms. The van der Waals surface area contributed by atoms with E-state index in [1.807, 2.05) is 24.3 Å². The van der Waals surface area contributed by atoms with E-state index < -0.39 is 5.97 Å². The molecule has 1 aliphatic carbocycles. The zero-order chi connectivity index (χ0) is 36.4. The number of carboxylic acids is 1. The molecule has 1 aliphatic rings. The third-order valence-electron chi connectivity index (χ3n) is 7.80. The zero-order valence-corrected chi connectivity index (χ0v) is 29.7. The molecule has 2 aromatic carbocycles. The van der Waals surface area contributed by atoms with Crippen molar-refractivity contribution in [3.05, 3.63) is 59.7 Å². The number of ether oxygens (including phenoxy) is 8. The van der Waals surface area contributed by atoms with Crippen LogP contribution in [0.5, 0.6) is 0 Å². The van der Waals surface area contributed by atoms with Gasteiger partial charge in [-0.2, -0.15) is 0 Å². The molecule has 3 rings (SSSR count). The molecule has 0 unspecified atom stereocenters. The molecular weight excluding hydrogens is 664 g/mol. The summed E-state index contributed by atoms with van der Waals surface area (Å²) in [6, 6.07) is 16.5. The number of likely N-dealkylation sites (N-methyl/N-ethyl adjacent to an activating group) is 1. The van der Waals surface area contributed by atoms with Gasteiger partial charge >= 0.3 is 12.1 Å². The Balaban J connectivity index is 1.01. The van der Waals surface area contributed by atoms with Crippen LogP contribution < -0.4 is 5.32 Å². The highest BCUT2D eigenvalue weighted by Crippen LogP contribution is 2.44. The van der Waals surface area contributed by atoms with Gasteiger partial charge in [0.25, 0.3) is 0 Å². The molecular formula is C37H54N2O12. The Hall–Kier alpha value is -3.63. The Labute approximate surface area is 300 Å². The molecule has 0 aromatic heterocycles. The van der Waals surface area contributed by atoms with Crippen molar-refractivity contribution in [3.63, 3.8) is 0 Å². The third-order valence-corrected chi connectivity index (χ3v) is 7.80. The van der Waals surface area contributed by atoms with Crippen LogP contribution in [0.1, 0.15) is 36.3 Å². The number of nitrogens with one attached hydrogen (secondary N) is 1. The Morgan fingerprint density at radius 3 is 1.53 bits per heavy atom. The second kappa shape index (κ2) is 26.2. The number of amides is 2. The smallest absolute Gasteiger partial charge is 0.409 e. The standard InChI is InChI=1S/C37H54N2O12/c1-39(37(43)51-29-34-32-9-4-2-7-30(32)31-8-3-5-10-33(31)34)14-16-45-18-20-47-22-24-49-26-28-50-27-25-48-23-21-46-19-17-44-15-6-13-38-35(40)11-12-36(41)42/h2-5,7-10,34H,6,11-29H2,1H3,(H,38,40)(H,41,42). The van der Waals surface area contributed by atoms with E-state index in [4.69, 9.17) is 43.0 Å². The van der Waals surface area contributed by atoms with Gasteiger partial charge in [0.2, 0.25) is 5.91 Å². The van der Waals surface area contributed by atoms with Crippen LogP contribution in [0.2, 0.25) is 0 Å². The van der Waals surface area contributed by atoms with Gasteiger partial charge in [-0.1, -0.05) is 48.5 Å². The monoisotopic (exact) mass is 718 g/mol. The van der Waals surface area contributed by atoms with E-state index in [0.29, 0.717) is 119 Å². The maximum atomic E-state index is 12.6. The molecule has 0 heterocycles. The van der Waals surface area contributed by atoms with Gasteiger partial charge in [0.05, 0.1) is 92.3 Å². The molecule has 0 aliphatic heterocycles. The highest BCUT2D eigenvalue weighted by Gasteiger charge is 2.29. The highest BCUT2D eigenvalue weighted by atomic mass is 16.6. The molecule has 0 radical (unpaired) electrons. The Morgan fingerprint density at radius 1 is 0.627 bits per heavy atom. The molecule has 14 nitrogen and oxygen atoms in total. The zero-order valence-electron chi connectivity index (χ0n) is 29.7. The van der Waals surface area contributed by atoms with Crippen LogP contribution in [-0.4, -0.2) is 147 Å². The third kappa shape index (κ3) is 17.4. The van der Waals surface area contributed by atoms with E-state index in [1.54, 1.807) is 7.05 Å². The van der Waals surface area contributed by atoms with Crippen molar-refractivity contribution in [2.75, 3.05) is 119 Å². The van der Waals surface area contributed by atoms with E-state index in [0.717, 1.165) is 0 Å². The predicted octanol–water partition coefficient (Wildman–Crippen LogP) is 3.35. The summed E-state index contributed by atoms with van der Waals surface area (Å²) in [5.74, 6) is -1.22. The fourth-order valence-electron chi connectivity index (χ4n) is 5.13. The normalized spacial score (nSPS) is 12.0. The first-order valence-electron chi connectivity index (χ1n) is 17.6. The van der Waals surface area contributed by atoms with Gasteiger partial charge in [0, 0.05) is 39.1 Å². The quantitative estimate of drug-likeness (QED) is 0.114. The molecule has 2 aromatic rings. The number of fused-ring (bicyclic) bond motifs is 3. The minimum Gasteiger partial charge on any atom is -0.481 e. The topological polar surface area (TPSA) is 161 Å². The van der Waals surface area contributed by atoms with Crippen molar-refractivity contribution in [1.29, 1.82) is 0 Å². The fourth-order valence-corrected chi connectivity index (χ4v) is 5.13. The van der Waals surface area contributed by atoms with Gasteiger partial charge in [-0.15, -0.1) is 0 Å². The van der Waals surface area contributed by atoms with Crippen molar-refractivity contribution < 1.29 is 57.4 Å². The minimum atomic E-state index is -0.986. The maximum absolute atomic E-state index is 12.6. The SMILES string of the molecule is CN(CCOCCOCCOCCOCCOCCOCCOCCCNC(=O)CCC(=O)O)C(=O)OCC1c2ccccc2-c2ccccc21. The van der Waals surface area contributed by atoms with Crippen LogP contribution in [0.15, 0.2) is 48.5 Å². The van der Waals surface area contributed by atoms with E-state index in [-0.39, 0.29) is 30.8 Å². The van der Waals surface area contributed by atoms with E-state index in [1.165, 1.54) is 27.2 Å². The predicted molar refractivity (Wildman–Crippen MR) is 188 cm³/mol. The average Bonchev–Trinajstić information content (AvgIpc) is 3.46. The van der Waals surface area contributed by atoms with Gasteiger partial charge in [0.15, 0.2) is 0 Å². The number of hydrogen-bond acceptors (Lipinski definition) is 11. The summed E-state index contributed by atoms with van der Waals surface area (Å²) in [5, 5.41) is 11.2. The van der Waals surface area contributed by atoms with Crippen LogP contribution in [0, 0.1) is 0 Å². The number of carbonyl (C=O) groups excluding carboxylic acids is 2. The number of carbonyl (C=O) groups is 3. The number of hydrogen-bond donors (Lipinski definition) is 2. The Morgan fingerprint density at radius 2 is 1.06 bits per heavy atom. The number of benzene rings is 2. The van der Waals surface area contributed by atoms with Crippen LogP contribution in [0.3, 0.4) is 0 Å². The van der Waals surface area contributed by atoms with Crippen LogP contribution in [-0.2, 0) is 47.5 Å². The average molecular weight is 719 g/mol. The van der Waals surface area contributed by atoms with E-state index in [2.05, 4.69) is 29.6 Å². The first-order chi connectivity index (χ1) is 25.0. The second-order valence-corrected chi connectivity index (χ2v) is 11.6. The first kappa shape index (κ1) is 41.8. The molecule has 2 amide bonds. The lowest BCUT2D eigenvalue weighted by Gasteiger charge is -2.19. The van der Waals surface area contributed by atoms with Gasteiger partial charge in [-0.05, 0) is 28.7 Å². The van der Waals surface area contributed by atoms with Crippen molar-refractivity contribution in [1.82, 2.24) is 10.2 Å². The molecule has 284 valence electrons. The maximum Gasteiger partial charge on any atom is 0.409 e. The number of aliphatic carboxylic acids is 1.